The topological polar surface area (TPSA) is 21.3 Å². The van der Waals surface area contributed by atoms with Crippen molar-refractivity contribution >= 4 is 0 Å². The molecule has 1 aliphatic rings. The lowest BCUT2D eigenvalue weighted by atomic mass is 9.88. The molecule has 0 aromatic heterocycles. The van der Waals surface area contributed by atoms with Gasteiger partial charge in [0.15, 0.2) is 0 Å². The second-order valence-corrected chi connectivity index (χ2v) is 5.13. The van der Waals surface area contributed by atoms with Gasteiger partial charge in [-0.3, -0.25) is 0 Å². The average molecular weight is 247 g/mol. The van der Waals surface area contributed by atoms with E-state index < -0.39 is 0 Å². The highest BCUT2D eigenvalue weighted by Gasteiger charge is 2.16. The third-order valence-electron chi connectivity index (χ3n) is 3.59. The maximum absolute atomic E-state index is 5.49. The predicted molar refractivity (Wildman–Crippen MR) is 76.0 cm³/mol. The molecule has 0 saturated heterocycles. The van der Waals surface area contributed by atoms with Crippen LogP contribution < -0.4 is 5.32 Å². The van der Waals surface area contributed by atoms with Gasteiger partial charge in [0.05, 0.1) is 0 Å². The van der Waals surface area contributed by atoms with Gasteiger partial charge in [-0.2, -0.15) is 0 Å². The molecule has 2 rings (SSSR count). The van der Waals surface area contributed by atoms with Crippen molar-refractivity contribution in [3.05, 3.63) is 35.4 Å². The van der Waals surface area contributed by atoms with Gasteiger partial charge in [-0.25, -0.2) is 0 Å². The Morgan fingerprint density at radius 2 is 2.06 bits per heavy atom. The first-order chi connectivity index (χ1) is 8.90. The summed E-state index contributed by atoms with van der Waals surface area (Å²) in [4.78, 5) is 0. The van der Waals surface area contributed by atoms with Crippen LogP contribution in [0, 0.1) is 0 Å². The first-order valence-corrected chi connectivity index (χ1v) is 7.28. The van der Waals surface area contributed by atoms with Crippen LogP contribution in [0.4, 0.5) is 0 Å². The van der Waals surface area contributed by atoms with Crippen molar-refractivity contribution in [2.45, 2.75) is 45.1 Å². The van der Waals surface area contributed by atoms with E-state index in [1.165, 1.54) is 24.8 Å². The summed E-state index contributed by atoms with van der Waals surface area (Å²) in [7, 11) is 0. The van der Waals surface area contributed by atoms with Crippen LogP contribution in [-0.2, 0) is 17.6 Å². The van der Waals surface area contributed by atoms with E-state index in [0.717, 1.165) is 32.6 Å². The number of fused-ring (bicyclic) bond motifs is 1. The summed E-state index contributed by atoms with van der Waals surface area (Å²) < 4.78 is 5.49. The molecule has 0 bridgehead atoms. The molecule has 1 N–H and O–H groups in total. The van der Waals surface area contributed by atoms with Crippen molar-refractivity contribution in [3.8, 4) is 0 Å². The fourth-order valence-electron chi connectivity index (χ4n) is 2.60. The van der Waals surface area contributed by atoms with Gasteiger partial charge < -0.3 is 10.1 Å². The number of hydrogen-bond acceptors (Lipinski definition) is 2. The molecular formula is C16H25NO. The van der Waals surface area contributed by atoms with Crippen molar-refractivity contribution in [2.75, 3.05) is 19.8 Å². The summed E-state index contributed by atoms with van der Waals surface area (Å²) in [5, 5.41) is 3.66. The molecular weight excluding hydrogens is 222 g/mol. The van der Waals surface area contributed by atoms with E-state index in [1.54, 1.807) is 5.56 Å². The fourth-order valence-corrected chi connectivity index (χ4v) is 2.60. The second kappa shape index (κ2) is 7.55. The monoisotopic (exact) mass is 247 g/mol. The first kappa shape index (κ1) is 13.6. The smallest absolute Gasteiger partial charge is 0.0478 e. The van der Waals surface area contributed by atoms with E-state index in [1.807, 2.05) is 0 Å². The van der Waals surface area contributed by atoms with E-state index in [2.05, 4.69) is 36.5 Å². The molecule has 1 unspecified atom stereocenters. The molecule has 1 aromatic rings. The van der Waals surface area contributed by atoms with Crippen LogP contribution in [0.25, 0.3) is 0 Å². The lowest BCUT2D eigenvalue weighted by Crippen LogP contribution is -2.35. The molecule has 0 radical (unpaired) electrons. The fraction of sp³-hybridized carbons (Fsp3) is 0.625. The zero-order valence-corrected chi connectivity index (χ0v) is 11.5. The predicted octanol–water partition coefficient (Wildman–Crippen LogP) is 2.95. The van der Waals surface area contributed by atoms with Gasteiger partial charge in [0, 0.05) is 19.3 Å². The zero-order valence-electron chi connectivity index (χ0n) is 11.5. The summed E-state index contributed by atoms with van der Waals surface area (Å²) in [6, 6.07) is 9.50. The molecule has 0 saturated carbocycles. The number of ether oxygens (including phenoxy) is 1. The summed E-state index contributed by atoms with van der Waals surface area (Å²) in [5.41, 5.74) is 3.07. The van der Waals surface area contributed by atoms with Gasteiger partial charge in [-0.05, 0) is 49.8 Å². The Morgan fingerprint density at radius 1 is 1.22 bits per heavy atom. The van der Waals surface area contributed by atoms with Crippen LogP contribution in [0.15, 0.2) is 24.3 Å². The van der Waals surface area contributed by atoms with E-state index >= 15 is 0 Å². The normalized spacial score (nSPS) is 18.6. The molecule has 0 aliphatic heterocycles. The summed E-state index contributed by atoms with van der Waals surface area (Å²) in [5.74, 6) is 0. The molecule has 2 nitrogen and oxygen atoms in total. The average Bonchev–Trinajstić information content (AvgIpc) is 2.42. The number of benzene rings is 1. The lowest BCUT2D eigenvalue weighted by Gasteiger charge is -2.25. The third kappa shape index (κ3) is 4.11. The van der Waals surface area contributed by atoms with E-state index in [4.69, 9.17) is 4.74 Å². The van der Waals surface area contributed by atoms with Gasteiger partial charge in [0.1, 0.15) is 0 Å². The molecule has 2 heteroatoms. The maximum Gasteiger partial charge on any atom is 0.0478 e. The Bertz CT molecular complexity index is 351. The Morgan fingerprint density at radius 3 is 2.89 bits per heavy atom. The number of aryl methyl sites for hydroxylation is 1. The summed E-state index contributed by atoms with van der Waals surface area (Å²) in [6.07, 6.45) is 5.92. The highest BCUT2D eigenvalue weighted by Crippen LogP contribution is 2.20. The number of rotatable bonds is 7. The zero-order chi connectivity index (χ0) is 12.6. The molecule has 1 atom stereocenters. The van der Waals surface area contributed by atoms with Crippen molar-refractivity contribution in [1.82, 2.24) is 5.32 Å². The minimum Gasteiger partial charge on any atom is -0.381 e. The summed E-state index contributed by atoms with van der Waals surface area (Å²) in [6.45, 7) is 5.02. The van der Waals surface area contributed by atoms with Crippen LogP contribution in [0.1, 0.15) is 37.3 Å². The van der Waals surface area contributed by atoms with Crippen molar-refractivity contribution in [2.24, 2.45) is 0 Å². The Labute approximate surface area is 111 Å². The van der Waals surface area contributed by atoms with Crippen LogP contribution in [0.5, 0.6) is 0 Å². The Balaban J connectivity index is 1.64. The van der Waals surface area contributed by atoms with Gasteiger partial charge in [0.2, 0.25) is 0 Å². The quantitative estimate of drug-likeness (QED) is 0.748. The van der Waals surface area contributed by atoms with E-state index in [0.29, 0.717) is 6.04 Å². The second-order valence-electron chi connectivity index (χ2n) is 5.13. The van der Waals surface area contributed by atoms with E-state index in [9.17, 15) is 0 Å². The van der Waals surface area contributed by atoms with Crippen molar-refractivity contribution in [3.63, 3.8) is 0 Å². The highest BCUT2D eigenvalue weighted by atomic mass is 16.5. The number of nitrogens with one attached hydrogen (secondary N) is 1. The maximum atomic E-state index is 5.49. The van der Waals surface area contributed by atoms with Crippen LogP contribution in [-0.4, -0.2) is 25.8 Å². The minimum atomic E-state index is 0.658. The molecule has 1 aliphatic carbocycles. The minimum absolute atomic E-state index is 0.658. The van der Waals surface area contributed by atoms with E-state index in [-0.39, 0.29) is 0 Å². The lowest BCUT2D eigenvalue weighted by molar-refractivity contribution is 0.131. The van der Waals surface area contributed by atoms with Crippen LogP contribution in [0.2, 0.25) is 0 Å². The van der Waals surface area contributed by atoms with Gasteiger partial charge >= 0.3 is 0 Å². The molecule has 0 heterocycles. The molecule has 0 spiro atoms. The van der Waals surface area contributed by atoms with Crippen molar-refractivity contribution in [1.29, 1.82) is 0 Å². The van der Waals surface area contributed by atoms with Gasteiger partial charge in [-0.15, -0.1) is 0 Å². The van der Waals surface area contributed by atoms with Gasteiger partial charge in [-0.1, -0.05) is 31.2 Å². The Kier molecular flexibility index (Phi) is 5.69. The standard InChI is InChI=1S/C16H25NO/c1-2-11-18-12-5-10-17-16-9-8-14-6-3-4-7-15(14)13-16/h3-4,6-7,16-17H,2,5,8-13H2,1H3. The molecule has 0 fully saturated rings. The van der Waals surface area contributed by atoms with Crippen LogP contribution in [0.3, 0.4) is 0 Å². The molecule has 18 heavy (non-hydrogen) atoms. The first-order valence-electron chi connectivity index (χ1n) is 7.28. The number of hydrogen-bond donors (Lipinski definition) is 1. The SMILES string of the molecule is CCCOCCCNC1CCc2ccccc2C1. The summed E-state index contributed by atoms with van der Waals surface area (Å²) >= 11 is 0. The highest BCUT2D eigenvalue weighted by molar-refractivity contribution is 5.30. The third-order valence-corrected chi connectivity index (χ3v) is 3.59. The molecule has 0 amide bonds. The largest absolute Gasteiger partial charge is 0.381 e. The van der Waals surface area contributed by atoms with Crippen LogP contribution >= 0.6 is 0 Å². The molecule has 100 valence electrons. The van der Waals surface area contributed by atoms with Crippen molar-refractivity contribution < 1.29 is 4.74 Å². The molecule has 1 aromatic carbocycles. The van der Waals surface area contributed by atoms with Gasteiger partial charge in [0.25, 0.3) is 0 Å². The Hall–Kier alpha value is -0.860.